The Morgan fingerprint density at radius 1 is 1.16 bits per heavy atom. The molecule has 0 saturated heterocycles. The Morgan fingerprint density at radius 2 is 1.80 bits per heavy atom. The van der Waals surface area contributed by atoms with E-state index >= 15 is 0 Å². The summed E-state index contributed by atoms with van der Waals surface area (Å²) in [6.07, 6.45) is 5.76. The number of hydrogen-bond acceptors (Lipinski definition) is 5. The predicted molar refractivity (Wildman–Crippen MR) is 95.7 cm³/mol. The lowest BCUT2D eigenvalue weighted by atomic mass is 9.89. The summed E-state index contributed by atoms with van der Waals surface area (Å²) in [5, 5.41) is 2.51. The smallest absolute Gasteiger partial charge is 0.410 e. The highest BCUT2D eigenvalue weighted by molar-refractivity contribution is 7.57. The van der Waals surface area contributed by atoms with E-state index in [1.165, 1.54) is 6.92 Å². The zero-order chi connectivity index (χ0) is 18.7. The summed E-state index contributed by atoms with van der Waals surface area (Å²) in [6, 6.07) is 0. The Kier molecular flexibility index (Phi) is 10.1. The summed E-state index contributed by atoms with van der Waals surface area (Å²) < 4.78 is 22.0. The van der Waals surface area contributed by atoms with Gasteiger partial charge in [-0.15, -0.1) is 0 Å². The van der Waals surface area contributed by atoms with Gasteiger partial charge in [-0.1, -0.05) is 32.6 Å². The molecule has 1 aliphatic carbocycles. The quantitative estimate of drug-likeness (QED) is 0.261. The fourth-order valence-corrected chi connectivity index (χ4v) is 4.53. The molecule has 7 nitrogen and oxygen atoms in total. The van der Waals surface area contributed by atoms with Gasteiger partial charge in [0.25, 0.3) is 0 Å². The molecule has 1 rings (SSSR count). The van der Waals surface area contributed by atoms with E-state index in [2.05, 4.69) is 5.32 Å². The van der Waals surface area contributed by atoms with Crippen molar-refractivity contribution in [2.45, 2.75) is 71.5 Å². The van der Waals surface area contributed by atoms with Crippen molar-refractivity contribution in [1.29, 1.82) is 0 Å². The monoisotopic (exact) mass is 377 g/mol. The fraction of sp³-hybridized carbons (Fsp3) is 0.882. The topological polar surface area (TPSA) is 102 Å². The maximum atomic E-state index is 12.0. The first-order chi connectivity index (χ1) is 11.8. The van der Waals surface area contributed by atoms with Gasteiger partial charge in [0, 0.05) is 25.8 Å². The first-order valence-electron chi connectivity index (χ1n) is 9.30. The van der Waals surface area contributed by atoms with E-state index in [-0.39, 0.29) is 24.6 Å². The summed E-state index contributed by atoms with van der Waals surface area (Å²) in [7, 11) is -3.09. The maximum absolute atomic E-state index is 12.0. The molecule has 2 atom stereocenters. The van der Waals surface area contributed by atoms with Crippen LogP contribution in [0.15, 0.2) is 0 Å². The zero-order valence-electron chi connectivity index (χ0n) is 15.4. The average Bonchev–Trinajstić information content (AvgIpc) is 2.57. The van der Waals surface area contributed by atoms with Crippen LogP contribution in [-0.2, 0) is 18.8 Å². The number of ether oxygens (including phenoxy) is 2. The van der Waals surface area contributed by atoms with Crippen molar-refractivity contribution in [3.05, 3.63) is 0 Å². The Morgan fingerprint density at radius 3 is 2.44 bits per heavy atom. The largest absolute Gasteiger partial charge is 0.425 e. The lowest BCUT2D eigenvalue weighted by Gasteiger charge is -2.22. The second kappa shape index (κ2) is 11.5. The van der Waals surface area contributed by atoms with E-state index in [0.29, 0.717) is 12.6 Å². The Labute approximate surface area is 150 Å². The first-order valence-corrected chi connectivity index (χ1v) is 11.3. The van der Waals surface area contributed by atoms with Gasteiger partial charge in [0.05, 0.1) is 5.92 Å². The van der Waals surface area contributed by atoms with Crippen LogP contribution in [0.5, 0.6) is 0 Å². The van der Waals surface area contributed by atoms with Gasteiger partial charge < -0.3 is 19.7 Å². The molecule has 2 N–H and O–H groups in total. The molecule has 146 valence electrons. The second-order valence-electron chi connectivity index (χ2n) is 6.67. The molecule has 0 radical (unpaired) electrons. The molecule has 1 aliphatic rings. The third kappa shape index (κ3) is 9.85. The van der Waals surface area contributed by atoms with Gasteiger partial charge in [-0.2, -0.15) is 0 Å². The van der Waals surface area contributed by atoms with E-state index in [1.807, 2.05) is 6.92 Å². The number of unbranched alkanes of at least 4 members (excludes halogenated alkanes) is 1. The van der Waals surface area contributed by atoms with Crippen LogP contribution in [0.2, 0.25) is 0 Å². The highest BCUT2D eigenvalue weighted by Crippen LogP contribution is 2.41. The zero-order valence-corrected chi connectivity index (χ0v) is 16.3. The van der Waals surface area contributed by atoms with E-state index in [9.17, 15) is 19.0 Å². The number of hydrogen-bond donors (Lipinski definition) is 2. The molecule has 1 fully saturated rings. The minimum atomic E-state index is -3.09. The molecule has 0 bridgehead atoms. The number of rotatable bonds is 10. The number of esters is 1. The molecule has 25 heavy (non-hydrogen) atoms. The van der Waals surface area contributed by atoms with Crippen molar-refractivity contribution in [3.63, 3.8) is 0 Å². The van der Waals surface area contributed by atoms with E-state index < -0.39 is 19.8 Å². The summed E-state index contributed by atoms with van der Waals surface area (Å²) >= 11 is 0. The molecule has 2 unspecified atom stereocenters. The van der Waals surface area contributed by atoms with Crippen molar-refractivity contribution >= 4 is 19.4 Å². The van der Waals surface area contributed by atoms with Crippen LogP contribution in [0.4, 0.5) is 4.79 Å². The molecular formula is C17H32NO6P. The van der Waals surface area contributed by atoms with Crippen LogP contribution in [-0.4, -0.2) is 42.1 Å². The predicted octanol–water partition coefficient (Wildman–Crippen LogP) is 3.64. The summed E-state index contributed by atoms with van der Waals surface area (Å²) in [5.41, 5.74) is 0. The number of carbonyl (C=O) groups excluding carboxylic acids is 2. The van der Waals surface area contributed by atoms with E-state index in [0.717, 1.165) is 44.9 Å². The van der Waals surface area contributed by atoms with Gasteiger partial charge in [-0.05, 0) is 25.7 Å². The van der Waals surface area contributed by atoms with Gasteiger partial charge >= 0.3 is 12.1 Å². The fourth-order valence-electron chi connectivity index (χ4n) is 2.85. The molecule has 0 aromatic heterocycles. The molecule has 1 amide bonds. The van der Waals surface area contributed by atoms with E-state index in [4.69, 9.17) is 9.47 Å². The third-order valence-electron chi connectivity index (χ3n) is 4.31. The lowest BCUT2D eigenvalue weighted by Crippen LogP contribution is -2.32. The Balaban J connectivity index is 2.16. The van der Waals surface area contributed by atoms with Crippen LogP contribution in [0.3, 0.4) is 0 Å². The van der Waals surface area contributed by atoms with Gasteiger partial charge in [0.1, 0.15) is 0 Å². The molecule has 1 saturated carbocycles. The number of alkyl carbamates (subject to hydrolysis) is 1. The third-order valence-corrected chi connectivity index (χ3v) is 6.34. The minimum absolute atomic E-state index is 0.0929. The molecule has 8 heteroatoms. The summed E-state index contributed by atoms with van der Waals surface area (Å²) in [6.45, 7) is 3.73. The van der Waals surface area contributed by atoms with Gasteiger partial charge in [-0.25, -0.2) is 4.79 Å². The van der Waals surface area contributed by atoms with Gasteiger partial charge in [0.2, 0.25) is 13.7 Å². The number of carbonyl (C=O) groups is 2. The van der Waals surface area contributed by atoms with Gasteiger partial charge in [0.15, 0.2) is 0 Å². The number of nitrogens with one attached hydrogen (secondary N) is 1. The van der Waals surface area contributed by atoms with Crippen LogP contribution >= 0.6 is 7.37 Å². The van der Waals surface area contributed by atoms with Crippen LogP contribution in [0.1, 0.15) is 65.2 Å². The molecule has 0 aromatic rings. The van der Waals surface area contributed by atoms with Crippen molar-refractivity contribution < 1.29 is 28.5 Å². The van der Waals surface area contributed by atoms with Crippen LogP contribution < -0.4 is 5.32 Å². The van der Waals surface area contributed by atoms with Crippen molar-refractivity contribution in [3.8, 4) is 0 Å². The summed E-state index contributed by atoms with van der Waals surface area (Å²) in [5.74, 6) is -0.401. The van der Waals surface area contributed by atoms with Gasteiger partial charge in [-0.3, -0.25) is 9.36 Å². The molecule has 0 spiro atoms. The molecule has 0 aromatic carbocycles. The van der Waals surface area contributed by atoms with Crippen molar-refractivity contribution in [1.82, 2.24) is 5.32 Å². The maximum Gasteiger partial charge on any atom is 0.410 e. The lowest BCUT2D eigenvalue weighted by molar-refractivity contribution is -0.170. The first kappa shape index (κ1) is 22.0. The standard InChI is InChI=1S/C17H32NO6P/c1-3-4-12-25(21,22)13-8-11-18-17(20)24-14(2)23-16(19)15-9-6-5-7-10-15/h14-15H,3-13H2,1-2H3,(H,18,20)(H,21,22). The van der Waals surface area contributed by atoms with Crippen molar-refractivity contribution in [2.24, 2.45) is 5.92 Å². The highest BCUT2D eigenvalue weighted by Gasteiger charge is 2.25. The molecule has 0 heterocycles. The Hall–Kier alpha value is -1.07. The molecular weight excluding hydrogens is 345 g/mol. The second-order valence-corrected chi connectivity index (χ2v) is 9.26. The van der Waals surface area contributed by atoms with Crippen molar-refractivity contribution in [2.75, 3.05) is 18.9 Å². The highest BCUT2D eigenvalue weighted by atomic mass is 31.2. The molecule has 0 aliphatic heterocycles. The normalized spacial score (nSPS) is 18.8. The van der Waals surface area contributed by atoms with Crippen LogP contribution in [0.25, 0.3) is 0 Å². The average molecular weight is 377 g/mol. The number of amides is 1. The Bertz CT molecular complexity index is 464. The van der Waals surface area contributed by atoms with Crippen LogP contribution in [0, 0.1) is 5.92 Å². The summed E-state index contributed by atoms with van der Waals surface area (Å²) in [4.78, 5) is 33.3. The SMILES string of the molecule is CCCCP(=O)(O)CCCNC(=O)OC(C)OC(=O)C1CCCCC1. The van der Waals surface area contributed by atoms with E-state index in [1.54, 1.807) is 0 Å². The minimum Gasteiger partial charge on any atom is -0.425 e.